The fraction of sp³-hybridized carbons (Fsp3) is 0.250. The molecule has 1 amide bonds. The van der Waals surface area contributed by atoms with Crippen LogP contribution in [0.5, 0.6) is 0 Å². The van der Waals surface area contributed by atoms with Crippen LogP contribution in [0.4, 0.5) is 5.82 Å². The lowest BCUT2D eigenvalue weighted by Crippen LogP contribution is -2.15. The van der Waals surface area contributed by atoms with Crippen LogP contribution in [-0.2, 0) is 17.8 Å². The molecule has 2 heterocycles. The van der Waals surface area contributed by atoms with Crippen LogP contribution in [0.3, 0.4) is 0 Å². The van der Waals surface area contributed by atoms with Crippen LogP contribution < -0.4 is 5.32 Å². The third-order valence-electron chi connectivity index (χ3n) is 4.63. The van der Waals surface area contributed by atoms with Crippen LogP contribution in [0.25, 0.3) is 0 Å². The van der Waals surface area contributed by atoms with E-state index >= 15 is 0 Å². The highest BCUT2D eigenvalue weighted by atomic mass is 16.2. The van der Waals surface area contributed by atoms with Crippen molar-refractivity contribution in [2.45, 2.75) is 25.3 Å². The summed E-state index contributed by atoms with van der Waals surface area (Å²) in [6, 6.07) is 16.1. The van der Waals surface area contributed by atoms with Crippen LogP contribution in [0.2, 0.25) is 0 Å². The molecule has 0 bridgehead atoms. The lowest BCUT2D eigenvalue weighted by atomic mass is 10.1. The molecule has 1 saturated carbocycles. The maximum absolute atomic E-state index is 12.4. The molecule has 4 rings (SSSR count). The van der Waals surface area contributed by atoms with Gasteiger partial charge in [-0.3, -0.25) is 14.5 Å². The number of hydrogen-bond acceptors (Lipinski definition) is 3. The number of aromatic nitrogens is 3. The van der Waals surface area contributed by atoms with E-state index in [1.54, 1.807) is 12.4 Å². The summed E-state index contributed by atoms with van der Waals surface area (Å²) in [6.07, 6.45) is 7.29. The lowest BCUT2D eigenvalue weighted by Gasteiger charge is -2.03. The van der Waals surface area contributed by atoms with Crippen LogP contribution in [0.1, 0.15) is 23.5 Å². The van der Waals surface area contributed by atoms with Gasteiger partial charge in [-0.1, -0.05) is 30.3 Å². The summed E-state index contributed by atoms with van der Waals surface area (Å²) in [5, 5.41) is 7.38. The van der Waals surface area contributed by atoms with Crippen molar-refractivity contribution in [1.82, 2.24) is 14.8 Å². The number of amides is 1. The molecule has 0 saturated heterocycles. The SMILES string of the molecule is O=C(Nc1ccn(CCc2ccncc2)n1)[C@H]1C[C@@H]1c1ccccc1. The third kappa shape index (κ3) is 3.76. The fourth-order valence-electron chi connectivity index (χ4n) is 3.12. The van der Waals surface area contributed by atoms with Crippen LogP contribution in [0.15, 0.2) is 67.1 Å². The first-order valence-corrected chi connectivity index (χ1v) is 8.58. The third-order valence-corrected chi connectivity index (χ3v) is 4.63. The summed E-state index contributed by atoms with van der Waals surface area (Å²) in [5.74, 6) is 1.09. The topological polar surface area (TPSA) is 59.8 Å². The van der Waals surface area contributed by atoms with E-state index < -0.39 is 0 Å². The van der Waals surface area contributed by atoms with Gasteiger partial charge >= 0.3 is 0 Å². The molecule has 1 aromatic carbocycles. The molecule has 1 aliphatic carbocycles. The molecule has 5 heteroatoms. The minimum Gasteiger partial charge on any atom is -0.309 e. The molecule has 2 aromatic heterocycles. The first-order valence-electron chi connectivity index (χ1n) is 8.58. The Morgan fingerprint density at radius 3 is 2.72 bits per heavy atom. The van der Waals surface area contributed by atoms with Gasteiger partial charge in [-0.2, -0.15) is 5.10 Å². The Kier molecular flexibility index (Phi) is 4.29. The molecule has 5 nitrogen and oxygen atoms in total. The van der Waals surface area contributed by atoms with Gasteiger partial charge in [0, 0.05) is 37.1 Å². The number of carbonyl (C=O) groups excluding carboxylic acids is 1. The molecule has 1 aliphatic rings. The maximum Gasteiger partial charge on any atom is 0.229 e. The number of benzene rings is 1. The van der Waals surface area contributed by atoms with Crippen LogP contribution in [-0.4, -0.2) is 20.7 Å². The summed E-state index contributed by atoms with van der Waals surface area (Å²) < 4.78 is 1.86. The zero-order valence-electron chi connectivity index (χ0n) is 13.9. The van der Waals surface area contributed by atoms with E-state index in [-0.39, 0.29) is 11.8 Å². The number of anilines is 1. The van der Waals surface area contributed by atoms with Crippen molar-refractivity contribution in [2.24, 2.45) is 5.92 Å². The van der Waals surface area contributed by atoms with Gasteiger partial charge < -0.3 is 5.32 Å². The standard InChI is InChI=1S/C20H20N4O/c25-20(18-14-17(18)16-4-2-1-3-5-16)22-19-9-13-24(23-19)12-8-15-6-10-21-11-7-15/h1-7,9-11,13,17-18H,8,12,14H2,(H,22,23,25)/t17-,18+/m1/s1. The molecule has 2 atom stereocenters. The smallest absolute Gasteiger partial charge is 0.229 e. The highest BCUT2D eigenvalue weighted by Gasteiger charge is 2.43. The van der Waals surface area contributed by atoms with Crippen molar-refractivity contribution in [3.63, 3.8) is 0 Å². The summed E-state index contributed by atoms with van der Waals surface area (Å²) in [7, 11) is 0. The number of nitrogens with one attached hydrogen (secondary N) is 1. The molecule has 25 heavy (non-hydrogen) atoms. The monoisotopic (exact) mass is 332 g/mol. The summed E-state index contributed by atoms with van der Waals surface area (Å²) >= 11 is 0. The Hall–Kier alpha value is -2.95. The maximum atomic E-state index is 12.4. The van der Waals surface area contributed by atoms with Crippen molar-refractivity contribution in [1.29, 1.82) is 0 Å². The van der Waals surface area contributed by atoms with Crippen molar-refractivity contribution >= 4 is 11.7 Å². The van der Waals surface area contributed by atoms with Gasteiger partial charge in [0.05, 0.1) is 0 Å². The zero-order chi connectivity index (χ0) is 17.1. The van der Waals surface area contributed by atoms with Gasteiger partial charge in [0.25, 0.3) is 0 Å². The first-order chi connectivity index (χ1) is 12.3. The number of rotatable bonds is 6. The molecule has 1 N–H and O–H groups in total. The predicted molar refractivity (Wildman–Crippen MR) is 96.1 cm³/mol. The second-order valence-electron chi connectivity index (χ2n) is 6.42. The zero-order valence-corrected chi connectivity index (χ0v) is 13.9. The van der Waals surface area contributed by atoms with Gasteiger partial charge in [0.15, 0.2) is 5.82 Å². The van der Waals surface area contributed by atoms with Crippen LogP contribution >= 0.6 is 0 Å². The second kappa shape index (κ2) is 6.89. The van der Waals surface area contributed by atoms with E-state index in [0.717, 1.165) is 19.4 Å². The van der Waals surface area contributed by atoms with Gasteiger partial charge in [0.2, 0.25) is 5.91 Å². The Bertz CT molecular complexity index is 844. The van der Waals surface area contributed by atoms with Crippen LogP contribution in [0, 0.1) is 5.92 Å². The van der Waals surface area contributed by atoms with Gasteiger partial charge in [-0.05, 0) is 42.0 Å². The molecular formula is C20H20N4O. The molecule has 3 aromatic rings. The number of aryl methyl sites for hydroxylation is 2. The Morgan fingerprint density at radius 2 is 1.92 bits per heavy atom. The van der Waals surface area contributed by atoms with E-state index in [1.807, 2.05) is 47.3 Å². The highest BCUT2D eigenvalue weighted by molar-refractivity contribution is 5.94. The number of pyridine rings is 1. The van der Waals surface area contributed by atoms with Crippen molar-refractivity contribution < 1.29 is 4.79 Å². The minimum atomic E-state index is 0.0596. The summed E-state index contributed by atoms with van der Waals surface area (Å²) in [4.78, 5) is 16.4. The van der Waals surface area contributed by atoms with E-state index in [9.17, 15) is 4.79 Å². The van der Waals surface area contributed by atoms with E-state index in [0.29, 0.717) is 11.7 Å². The van der Waals surface area contributed by atoms with Gasteiger partial charge in [-0.15, -0.1) is 0 Å². The quantitative estimate of drug-likeness (QED) is 0.754. The predicted octanol–water partition coefficient (Wildman–Crippen LogP) is 3.26. The largest absolute Gasteiger partial charge is 0.309 e. The van der Waals surface area contributed by atoms with E-state index in [1.165, 1.54) is 11.1 Å². The average molecular weight is 332 g/mol. The molecule has 126 valence electrons. The minimum absolute atomic E-state index is 0.0596. The molecule has 0 spiro atoms. The normalized spacial score (nSPS) is 18.7. The molecular weight excluding hydrogens is 312 g/mol. The number of carbonyl (C=O) groups is 1. The molecule has 0 radical (unpaired) electrons. The fourth-order valence-corrected chi connectivity index (χ4v) is 3.12. The Labute approximate surface area is 146 Å². The molecule has 0 aliphatic heterocycles. The van der Waals surface area contributed by atoms with E-state index in [2.05, 4.69) is 27.5 Å². The Morgan fingerprint density at radius 1 is 1.12 bits per heavy atom. The average Bonchev–Trinajstić information content (AvgIpc) is 3.35. The summed E-state index contributed by atoms with van der Waals surface area (Å²) in [6.45, 7) is 0.774. The van der Waals surface area contributed by atoms with Gasteiger partial charge in [0.1, 0.15) is 0 Å². The number of nitrogens with zero attached hydrogens (tertiary/aromatic N) is 3. The van der Waals surface area contributed by atoms with E-state index in [4.69, 9.17) is 0 Å². The van der Waals surface area contributed by atoms with Crippen molar-refractivity contribution in [3.8, 4) is 0 Å². The molecule has 1 fully saturated rings. The highest BCUT2D eigenvalue weighted by Crippen LogP contribution is 2.47. The summed E-state index contributed by atoms with van der Waals surface area (Å²) in [5.41, 5.74) is 2.46. The first kappa shape index (κ1) is 15.6. The van der Waals surface area contributed by atoms with Gasteiger partial charge in [-0.25, -0.2) is 0 Å². The molecule has 0 unspecified atom stereocenters. The van der Waals surface area contributed by atoms with Crippen molar-refractivity contribution in [3.05, 3.63) is 78.2 Å². The second-order valence-corrected chi connectivity index (χ2v) is 6.42. The lowest BCUT2D eigenvalue weighted by molar-refractivity contribution is -0.117. The Balaban J connectivity index is 1.30. The number of hydrogen-bond donors (Lipinski definition) is 1. The van der Waals surface area contributed by atoms with Crippen molar-refractivity contribution in [2.75, 3.05) is 5.32 Å².